The average Bonchev–Trinajstić information content (AvgIpc) is 2.19. The van der Waals surface area contributed by atoms with Gasteiger partial charge in [0.1, 0.15) is 0 Å². The van der Waals surface area contributed by atoms with Gasteiger partial charge in [-0.3, -0.25) is 0 Å². The van der Waals surface area contributed by atoms with E-state index in [1.165, 1.54) is 25.3 Å². The van der Waals surface area contributed by atoms with Crippen molar-refractivity contribution in [1.82, 2.24) is 0 Å². The van der Waals surface area contributed by atoms with Crippen molar-refractivity contribution >= 4 is 0 Å². The summed E-state index contributed by atoms with van der Waals surface area (Å²) >= 11 is 0. The SMILES string of the molecule is COc1cccc(CC(O)C(F)(F)F)c1F. The number of aliphatic hydroxyl groups is 1. The van der Waals surface area contributed by atoms with Gasteiger partial charge in [-0.25, -0.2) is 4.39 Å². The largest absolute Gasteiger partial charge is 0.494 e. The van der Waals surface area contributed by atoms with Crippen LogP contribution in [0.25, 0.3) is 0 Å². The highest BCUT2D eigenvalue weighted by molar-refractivity contribution is 5.31. The molecule has 0 heterocycles. The molecule has 90 valence electrons. The monoisotopic (exact) mass is 238 g/mol. The molecule has 0 aliphatic heterocycles. The number of aliphatic hydroxyl groups excluding tert-OH is 1. The Balaban J connectivity index is 2.90. The van der Waals surface area contributed by atoms with Crippen LogP contribution in [0.4, 0.5) is 17.6 Å². The molecule has 1 unspecified atom stereocenters. The van der Waals surface area contributed by atoms with Crippen LogP contribution >= 0.6 is 0 Å². The lowest BCUT2D eigenvalue weighted by Crippen LogP contribution is -2.30. The molecule has 0 spiro atoms. The molecule has 1 N–H and O–H groups in total. The van der Waals surface area contributed by atoms with E-state index in [4.69, 9.17) is 5.11 Å². The Morgan fingerprint density at radius 3 is 2.50 bits per heavy atom. The van der Waals surface area contributed by atoms with Gasteiger partial charge in [-0.2, -0.15) is 13.2 Å². The number of hydrogen-bond donors (Lipinski definition) is 1. The zero-order valence-corrected chi connectivity index (χ0v) is 8.38. The van der Waals surface area contributed by atoms with Gasteiger partial charge in [-0.1, -0.05) is 12.1 Å². The normalized spacial score (nSPS) is 13.6. The standard InChI is InChI=1S/C10H10F4O2/c1-16-7-4-2-3-6(9(7)11)5-8(15)10(12,13)14/h2-4,8,15H,5H2,1H3. The summed E-state index contributed by atoms with van der Waals surface area (Å²) in [5.41, 5.74) is -0.232. The molecule has 0 aliphatic rings. The van der Waals surface area contributed by atoms with E-state index in [0.29, 0.717) is 0 Å². The zero-order chi connectivity index (χ0) is 12.3. The summed E-state index contributed by atoms with van der Waals surface area (Å²) in [6, 6.07) is 3.83. The lowest BCUT2D eigenvalue weighted by atomic mass is 10.1. The summed E-state index contributed by atoms with van der Waals surface area (Å²) in [4.78, 5) is 0. The second-order valence-electron chi connectivity index (χ2n) is 3.19. The van der Waals surface area contributed by atoms with Crippen LogP contribution in [0.3, 0.4) is 0 Å². The van der Waals surface area contributed by atoms with Gasteiger partial charge in [0.15, 0.2) is 17.7 Å². The van der Waals surface area contributed by atoms with Crippen LogP contribution in [0.15, 0.2) is 18.2 Å². The van der Waals surface area contributed by atoms with Gasteiger partial charge < -0.3 is 9.84 Å². The third-order valence-electron chi connectivity index (χ3n) is 2.05. The molecule has 0 aliphatic carbocycles. The molecule has 2 nitrogen and oxygen atoms in total. The first-order valence-corrected chi connectivity index (χ1v) is 4.42. The van der Waals surface area contributed by atoms with E-state index >= 15 is 0 Å². The van der Waals surface area contributed by atoms with Gasteiger partial charge in [0.25, 0.3) is 0 Å². The van der Waals surface area contributed by atoms with Crippen molar-refractivity contribution in [2.24, 2.45) is 0 Å². The second kappa shape index (κ2) is 4.69. The van der Waals surface area contributed by atoms with Crippen LogP contribution in [-0.4, -0.2) is 24.5 Å². The van der Waals surface area contributed by atoms with Gasteiger partial charge >= 0.3 is 6.18 Å². The van der Waals surface area contributed by atoms with Crippen LogP contribution in [0.1, 0.15) is 5.56 Å². The van der Waals surface area contributed by atoms with Crippen LogP contribution in [-0.2, 0) is 6.42 Å². The van der Waals surface area contributed by atoms with Crippen molar-refractivity contribution in [3.63, 3.8) is 0 Å². The Labute approximate surface area is 89.5 Å². The van der Waals surface area contributed by atoms with Crippen molar-refractivity contribution in [3.05, 3.63) is 29.6 Å². The van der Waals surface area contributed by atoms with Crippen molar-refractivity contribution in [1.29, 1.82) is 0 Å². The minimum absolute atomic E-state index is 0.146. The number of rotatable bonds is 3. The van der Waals surface area contributed by atoms with E-state index in [1.54, 1.807) is 0 Å². The maximum atomic E-state index is 13.4. The Morgan fingerprint density at radius 2 is 2.00 bits per heavy atom. The molecule has 1 rings (SSSR count). The maximum absolute atomic E-state index is 13.4. The predicted octanol–water partition coefficient (Wildman–Crippen LogP) is 2.30. The highest BCUT2D eigenvalue weighted by Gasteiger charge is 2.38. The third kappa shape index (κ3) is 2.85. The van der Waals surface area contributed by atoms with Gasteiger partial charge in [0, 0.05) is 6.42 Å². The quantitative estimate of drug-likeness (QED) is 0.819. The Bertz CT molecular complexity index is 362. The predicted molar refractivity (Wildman–Crippen MR) is 48.7 cm³/mol. The molecule has 16 heavy (non-hydrogen) atoms. The van der Waals surface area contributed by atoms with Crippen LogP contribution in [0.5, 0.6) is 5.75 Å². The molecule has 0 saturated carbocycles. The first kappa shape index (κ1) is 12.8. The number of ether oxygens (including phenoxy) is 1. The van der Waals surface area contributed by atoms with E-state index in [2.05, 4.69) is 4.74 Å². The molecule has 1 aromatic rings. The fourth-order valence-electron chi connectivity index (χ4n) is 1.20. The summed E-state index contributed by atoms with van der Waals surface area (Å²) < 4.78 is 54.2. The summed E-state index contributed by atoms with van der Waals surface area (Å²) in [5.74, 6) is -1.03. The molecule has 1 aromatic carbocycles. The maximum Gasteiger partial charge on any atom is 0.414 e. The lowest BCUT2D eigenvalue weighted by molar-refractivity contribution is -0.203. The van der Waals surface area contributed by atoms with Crippen molar-refractivity contribution in [3.8, 4) is 5.75 Å². The Kier molecular flexibility index (Phi) is 3.74. The Hall–Kier alpha value is -1.30. The Morgan fingerprint density at radius 1 is 1.38 bits per heavy atom. The summed E-state index contributed by atoms with van der Waals surface area (Å²) in [7, 11) is 1.21. The molecule has 1 atom stereocenters. The second-order valence-corrected chi connectivity index (χ2v) is 3.19. The molecule has 0 radical (unpaired) electrons. The lowest BCUT2D eigenvalue weighted by Gasteiger charge is -2.15. The van der Waals surface area contributed by atoms with E-state index in [9.17, 15) is 17.6 Å². The fourth-order valence-corrected chi connectivity index (χ4v) is 1.20. The number of benzene rings is 1. The fraction of sp³-hybridized carbons (Fsp3) is 0.400. The van der Waals surface area contributed by atoms with Gasteiger partial charge in [0.05, 0.1) is 7.11 Å². The first-order chi connectivity index (χ1) is 7.36. The minimum Gasteiger partial charge on any atom is -0.494 e. The summed E-state index contributed by atoms with van der Waals surface area (Å²) in [6.45, 7) is 0. The summed E-state index contributed by atoms with van der Waals surface area (Å²) in [5, 5.41) is 8.79. The summed E-state index contributed by atoms with van der Waals surface area (Å²) in [6.07, 6.45) is -8.16. The van der Waals surface area contributed by atoms with Gasteiger partial charge in [-0.15, -0.1) is 0 Å². The van der Waals surface area contributed by atoms with E-state index in [0.717, 1.165) is 0 Å². The molecular weight excluding hydrogens is 228 g/mol. The van der Waals surface area contributed by atoms with Crippen LogP contribution < -0.4 is 4.74 Å². The van der Waals surface area contributed by atoms with Gasteiger partial charge in [0.2, 0.25) is 0 Å². The molecule has 0 amide bonds. The number of hydrogen-bond acceptors (Lipinski definition) is 2. The average molecular weight is 238 g/mol. The number of alkyl halides is 3. The van der Waals surface area contributed by atoms with Crippen molar-refractivity contribution in [2.75, 3.05) is 7.11 Å². The van der Waals surface area contributed by atoms with Crippen LogP contribution in [0.2, 0.25) is 0 Å². The van der Waals surface area contributed by atoms with Crippen LogP contribution in [0, 0.1) is 5.82 Å². The highest BCUT2D eigenvalue weighted by atomic mass is 19.4. The first-order valence-electron chi connectivity index (χ1n) is 4.42. The molecule has 0 fully saturated rings. The highest BCUT2D eigenvalue weighted by Crippen LogP contribution is 2.26. The van der Waals surface area contributed by atoms with E-state index in [-0.39, 0.29) is 11.3 Å². The minimum atomic E-state index is -4.75. The van der Waals surface area contributed by atoms with Crippen molar-refractivity contribution in [2.45, 2.75) is 18.7 Å². The molecule has 0 aromatic heterocycles. The third-order valence-corrected chi connectivity index (χ3v) is 2.05. The van der Waals surface area contributed by atoms with Crippen molar-refractivity contribution < 1.29 is 27.4 Å². The smallest absolute Gasteiger partial charge is 0.414 e. The molecule has 0 bridgehead atoms. The number of halogens is 4. The molecule has 6 heteroatoms. The van der Waals surface area contributed by atoms with E-state index in [1.807, 2.05) is 0 Å². The number of methoxy groups -OCH3 is 1. The molecule has 0 saturated heterocycles. The zero-order valence-electron chi connectivity index (χ0n) is 8.38. The van der Waals surface area contributed by atoms with Gasteiger partial charge in [-0.05, 0) is 11.6 Å². The molecular formula is C10H10F4O2. The topological polar surface area (TPSA) is 29.5 Å². The van der Waals surface area contributed by atoms with E-state index < -0.39 is 24.5 Å².